The van der Waals surface area contributed by atoms with Gasteiger partial charge in [0.25, 0.3) is 0 Å². The molecular weight excluding hydrogens is 256 g/mol. The molecule has 1 aromatic rings. The maximum absolute atomic E-state index is 11.4. The molecule has 1 heterocycles. The van der Waals surface area contributed by atoms with Crippen LogP contribution in [-0.4, -0.2) is 16.9 Å². The van der Waals surface area contributed by atoms with Crippen LogP contribution in [0.15, 0.2) is 6.07 Å². The second-order valence-electron chi connectivity index (χ2n) is 4.38. The van der Waals surface area contributed by atoms with Gasteiger partial charge in [-0.1, -0.05) is 18.5 Å². The standard InChI is InChI=1S/C12H13ClN2O3/c1-5-3-9(17)15-11-7(13)4-8(14-6(2)16)12(18)10(5)11/h4-5,18H,3H2,1-2H3,(H,14,16)(H,15,17). The number of hydrogen-bond acceptors (Lipinski definition) is 3. The number of carbonyl (C=O) groups excluding carboxylic acids is 2. The van der Waals surface area contributed by atoms with E-state index in [4.69, 9.17) is 11.6 Å². The molecule has 96 valence electrons. The molecule has 5 nitrogen and oxygen atoms in total. The van der Waals surface area contributed by atoms with Crippen LogP contribution in [-0.2, 0) is 9.59 Å². The topological polar surface area (TPSA) is 78.4 Å². The lowest BCUT2D eigenvalue weighted by Gasteiger charge is -2.25. The second kappa shape index (κ2) is 4.49. The largest absolute Gasteiger partial charge is 0.505 e. The number of phenolic OH excluding ortho intramolecular Hbond substituents is 1. The molecule has 2 amide bonds. The quantitative estimate of drug-likeness (QED) is 0.685. The zero-order valence-corrected chi connectivity index (χ0v) is 10.8. The zero-order valence-electron chi connectivity index (χ0n) is 10.0. The van der Waals surface area contributed by atoms with Crippen LogP contribution >= 0.6 is 11.6 Å². The molecule has 3 N–H and O–H groups in total. The van der Waals surface area contributed by atoms with E-state index in [0.717, 1.165) is 0 Å². The van der Waals surface area contributed by atoms with E-state index >= 15 is 0 Å². The molecule has 0 saturated heterocycles. The number of nitrogens with one attached hydrogen (secondary N) is 2. The van der Waals surface area contributed by atoms with Crippen LogP contribution in [0.25, 0.3) is 0 Å². The lowest BCUT2D eigenvalue weighted by Crippen LogP contribution is -2.22. The average Bonchev–Trinajstić information content (AvgIpc) is 2.24. The predicted molar refractivity (Wildman–Crippen MR) is 69.1 cm³/mol. The Balaban J connectivity index is 2.58. The molecule has 0 fully saturated rings. The monoisotopic (exact) mass is 268 g/mol. The minimum atomic E-state index is -0.297. The van der Waals surface area contributed by atoms with E-state index in [9.17, 15) is 14.7 Å². The highest BCUT2D eigenvalue weighted by Gasteiger charge is 2.28. The first-order chi connectivity index (χ1) is 8.40. The summed E-state index contributed by atoms with van der Waals surface area (Å²) < 4.78 is 0. The summed E-state index contributed by atoms with van der Waals surface area (Å²) in [4.78, 5) is 22.5. The van der Waals surface area contributed by atoms with Crippen molar-refractivity contribution in [3.05, 3.63) is 16.7 Å². The number of aromatic hydroxyl groups is 1. The van der Waals surface area contributed by atoms with Crippen molar-refractivity contribution in [1.29, 1.82) is 0 Å². The van der Waals surface area contributed by atoms with Gasteiger partial charge in [-0.05, 0) is 12.0 Å². The maximum atomic E-state index is 11.4. The summed E-state index contributed by atoms with van der Waals surface area (Å²) in [5, 5.41) is 15.6. The van der Waals surface area contributed by atoms with Gasteiger partial charge in [-0.25, -0.2) is 0 Å². The van der Waals surface area contributed by atoms with Gasteiger partial charge in [0.2, 0.25) is 11.8 Å². The van der Waals surface area contributed by atoms with Gasteiger partial charge >= 0.3 is 0 Å². The Morgan fingerprint density at radius 1 is 1.61 bits per heavy atom. The van der Waals surface area contributed by atoms with Crippen molar-refractivity contribution in [3.8, 4) is 5.75 Å². The molecule has 0 aromatic heterocycles. The molecule has 1 aliphatic heterocycles. The third-order valence-corrected chi connectivity index (χ3v) is 3.15. The number of phenols is 1. The van der Waals surface area contributed by atoms with E-state index in [2.05, 4.69) is 10.6 Å². The van der Waals surface area contributed by atoms with Crippen LogP contribution in [0, 0.1) is 0 Å². The number of benzene rings is 1. The van der Waals surface area contributed by atoms with E-state index in [-0.39, 0.29) is 35.6 Å². The number of halogens is 1. The summed E-state index contributed by atoms with van der Waals surface area (Å²) in [6.07, 6.45) is 0.278. The highest BCUT2D eigenvalue weighted by atomic mass is 35.5. The lowest BCUT2D eigenvalue weighted by atomic mass is 9.91. The van der Waals surface area contributed by atoms with Crippen molar-refractivity contribution < 1.29 is 14.7 Å². The fourth-order valence-corrected chi connectivity index (χ4v) is 2.38. The van der Waals surface area contributed by atoms with E-state index in [1.165, 1.54) is 13.0 Å². The minimum Gasteiger partial charge on any atom is -0.505 e. The number of anilines is 2. The SMILES string of the molecule is CC(=O)Nc1cc(Cl)c2c(c1O)C(C)CC(=O)N2. The molecule has 1 aliphatic rings. The molecule has 6 heteroatoms. The molecule has 0 aliphatic carbocycles. The van der Waals surface area contributed by atoms with Crippen LogP contribution in [0.5, 0.6) is 5.75 Å². The summed E-state index contributed by atoms with van der Waals surface area (Å²) in [6.45, 7) is 3.17. The highest BCUT2D eigenvalue weighted by Crippen LogP contribution is 2.46. The first-order valence-electron chi connectivity index (χ1n) is 5.53. The molecule has 1 atom stereocenters. The van der Waals surface area contributed by atoms with Crippen molar-refractivity contribution in [2.75, 3.05) is 10.6 Å². The van der Waals surface area contributed by atoms with Crippen LogP contribution in [0.3, 0.4) is 0 Å². The molecule has 0 saturated carbocycles. The van der Waals surface area contributed by atoms with Gasteiger partial charge in [-0.15, -0.1) is 0 Å². The molecule has 2 rings (SSSR count). The normalized spacial score (nSPS) is 17.9. The van der Waals surface area contributed by atoms with E-state index in [1.807, 2.05) is 6.92 Å². The smallest absolute Gasteiger partial charge is 0.225 e. The maximum Gasteiger partial charge on any atom is 0.225 e. The Kier molecular flexibility index (Phi) is 3.17. The van der Waals surface area contributed by atoms with Gasteiger partial charge in [0, 0.05) is 18.9 Å². The lowest BCUT2D eigenvalue weighted by molar-refractivity contribution is -0.117. The van der Waals surface area contributed by atoms with Gasteiger partial charge in [0.1, 0.15) is 5.75 Å². The van der Waals surface area contributed by atoms with Crippen molar-refractivity contribution in [2.45, 2.75) is 26.2 Å². The van der Waals surface area contributed by atoms with Crippen LogP contribution in [0.4, 0.5) is 11.4 Å². The third kappa shape index (κ3) is 2.13. The van der Waals surface area contributed by atoms with Gasteiger partial charge < -0.3 is 15.7 Å². The molecule has 0 radical (unpaired) electrons. The van der Waals surface area contributed by atoms with Gasteiger partial charge in [0.05, 0.1) is 16.4 Å². The van der Waals surface area contributed by atoms with Gasteiger partial charge in [-0.2, -0.15) is 0 Å². The van der Waals surface area contributed by atoms with E-state index in [0.29, 0.717) is 16.3 Å². The number of hydrogen-bond donors (Lipinski definition) is 3. The van der Waals surface area contributed by atoms with Crippen molar-refractivity contribution in [1.82, 2.24) is 0 Å². The van der Waals surface area contributed by atoms with Gasteiger partial charge in [0.15, 0.2) is 0 Å². The van der Waals surface area contributed by atoms with Crippen LogP contribution in [0.1, 0.15) is 31.7 Å². The number of fused-ring (bicyclic) bond motifs is 1. The summed E-state index contributed by atoms with van der Waals surface area (Å²) >= 11 is 6.06. The second-order valence-corrected chi connectivity index (χ2v) is 4.78. The van der Waals surface area contributed by atoms with Crippen molar-refractivity contribution >= 4 is 34.8 Å². The summed E-state index contributed by atoms with van der Waals surface area (Å²) in [7, 11) is 0. The van der Waals surface area contributed by atoms with E-state index < -0.39 is 0 Å². The number of amides is 2. The van der Waals surface area contributed by atoms with Crippen LogP contribution < -0.4 is 10.6 Å². The summed E-state index contributed by atoms with van der Waals surface area (Å²) in [5.41, 5.74) is 1.24. The first kappa shape index (κ1) is 12.7. The average molecular weight is 269 g/mol. The molecule has 0 bridgehead atoms. The van der Waals surface area contributed by atoms with Crippen molar-refractivity contribution in [2.24, 2.45) is 0 Å². The highest BCUT2D eigenvalue weighted by molar-refractivity contribution is 6.34. The predicted octanol–water partition coefficient (Wildman–Crippen LogP) is 2.45. The molecule has 18 heavy (non-hydrogen) atoms. The Morgan fingerprint density at radius 2 is 2.28 bits per heavy atom. The molecule has 0 spiro atoms. The fourth-order valence-electron chi connectivity index (χ4n) is 2.12. The summed E-state index contributed by atoms with van der Waals surface area (Å²) in [5.74, 6) is -0.630. The Labute approximate surface area is 109 Å². The van der Waals surface area contributed by atoms with Crippen molar-refractivity contribution in [3.63, 3.8) is 0 Å². The molecular formula is C12H13ClN2O3. The van der Waals surface area contributed by atoms with E-state index in [1.54, 1.807) is 0 Å². The Bertz CT molecular complexity index is 543. The minimum absolute atomic E-state index is 0.0444. The third-order valence-electron chi connectivity index (χ3n) is 2.85. The number of rotatable bonds is 1. The summed E-state index contributed by atoms with van der Waals surface area (Å²) in [6, 6.07) is 1.43. The molecule has 1 unspecified atom stereocenters. The molecule has 1 aromatic carbocycles. The Morgan fingerprint density at radius 3 is 2.89 bits per heavy atom. The number of carbonyl (C=O) groups is 2. The Hall–Kier alpha value is -1.75. The zero-order chi connectivity index (χ0) is 13.4. The fraction of sp³-hybridized carbons (Fsp3) is 0.333. The van der Waals surface area contributed by atoms with Crippen LogP contribution in [0.2, 0.25) is 5.02 Å². The first-order valence-corrected chi connectivity index (χ1v) is 5.90. The van der Waals surface area contributed by atoms with Gasteiger partial charge in [-0.3, -0.25) is 9.59 Å².